The maximum absolute atomic E-state index is 12.6. The predicted molar refractivity (Wildman–Crippen MR) is 136 cm³/mol. The molecule has 1 fully saturated rings. The molecule has 8 nitrogen and oxygen atoms in total. The molecule has 184 valence electrons. The molecule has 4 N–H and O–H groups in total. The van der Waals surface area contributed by atoms with Gasteiger partial charge in [-0.2, -0.15) is 0 Å². The van der Waals surface area contributed by atoms with Crippen molar-refractivity contribution >= 4 is 63.9 Å². The lowest BCUT2D eigenvalue weighted by Gasteiger charge is -2.39. The van der Waals surface area contributed by atoms with Crippen molar-refractivity contribution in [1.82, 2.24) is 4.90 Å². The number of benzene rings is 1. The van der Waals surface area contributed by atoms with Crippen LogP contribution >= 0.6 is 35.3 Å². The molecular formula is C23H28Cl2N4O4S. The van der Waals surface area contributed by atoms with Crippen LogP contribution in [-0.4, -0.2) is 42.5 Å². The monoisotopic (exact) mass is 526 g/mol. The zero-order valence-electron chi connectivity index (χ0n) is 19.1. The van der Waals surface area contributed by atoms with Crippen molar-refractivity contribution in [1.29, 1.82) is 0 Å². The van der Waals surface area contributed by atoms with E-state index in [0.29, 0.717) is 27.8 Å². The van der Waals surface area contributed by atoms with E-state index in [1.807, 2.05) is 13.8 Å². The highest BCUT2D eigenvalue weighted by Crippen LogP contribution is 2.51. The Morgan fingerprint density at radius 3 is 2.50 bits per heavy atom. The quantitative estimate of drug-likeness (QED) is 0.466. The van der Waals surface area contributed by atoms with Crippen molar-refractivity contribution in [2.45, 2.75) is 45.2 Å². The minimum atomic E-state index is -0.685. The van der Waals surface area contributed by atoms with Gasteiger partial charge in [-0.05, 0) is 62.9 Å². The molecule has 0 spiro atoms. The molecule has 1 saturated heterocycles. The van der Waals surface area contributed by atoms with Crippen LogP contribution in [0.3, 0.4) is 0 Å². The second-order valence-corrected chi connectivity index (χ2v) is 10.6. The number of carbonyl (C=O) groups excluding carboxylic acids is 3. The number of hydrogen-bond acceptors (Lipinski definition) is 6. The van der Waals surface area contributed by atoms with E-state index in [-0.39, 0.29) is 30.5 Å². The fourth-order valence-corrected chi connectivity index (χ4v) is 6.30. The number of amides is 3. The van der Waals surface area contributed by atoms with E-state index in [4.69, 9.17) is 22.1 Å². The first-order valence-electron chi connectivity index (χ1n) is 10.7. The number of nitrogens with zero attached hydrogens (tertiary/aromatic N) is 1. The first-order valence-corrected chi connectivity index (χ1v) is 11.9. The normalized spacial score (nSPS) is 19.1. The summed E-state index contributed by atoms with van der Waals surface area (Å²) >= 11 is 7.29. The predicted octanol–water partition coefficient (Wildman–Crippen LogP) is 4.83. The van der Waals surface area contributed by atoms with E-state index >= 15 is 0 Å². The molecule has 1 aromatic heterocycles. The molecule has 2 aromatic rings. The second-order valence-electron chi connectivity index (χ2n) is 9.09. The summed E-state index contributed by atoms with van der Waals surface area (Å²) in [5.41, 5.74) is 6.92. The number of anilines is 2. The highest BCUT2D eigenvalue weighted by Gasteiger charge is 2.46. The summed E-state index contributed by atoms with van der Waals surface area (Å²) < 4.78 is 4.98. The van der Waals surface area contributed by atoms with Gasteiger partial charge in [0, 0.05) is 34.2 Å². The van der Waals surface area contributed by atoms with Crippen LogP contribution in [0.5, 0.6) is 0 Å². The third-order valence-corrected chi connectivity index (χ3v) is 7.71. The number of esters is 1. The van der Waals surface area contributed by atoms with Crippen molar-refractivity contribution in [3.05, 3.63) is 45.3 Å². The average Bonchev–Trinajstić information content (AvgIpc) is 3.24. The van der Waals surface area contributed by atoms with E-state index < -0.39 is 17.4 Å². The molecule has 3 amide bonds. The number of rotatable bonds is 6. The van der Waals surface area contributed by atoms with Crippen LogP contribution in [0.15, 0.2) is 24.3 Å². The Labute approximate surface area is 213 Å². The maximum atomic E-state index is 12.6. The van der Waals surface area contributed by atoms with Crippen molar-refractivity contribution in [2.75, 3.05) is 24.3 Å². The number of primary amides is 1. The van der Waals surface area contributed by atoms with Crippen LogP contribution < -0.4 is 16.4 Å². The maximum Gasteiger partial charge on any atom is 0.324 e. The summed E-state index contributed by atoms with van der Waals surface area (Å²) in [6.07, 6.45) is 2.58. The number of methoxy groups -OCH3 is 1. The van der Waals surface area contributed by atoms with Gasteiger partial charge in [0.25, 0.3) is 5.91 Å². The highest BCUT2D eigenvalue weighted by atomic mass is 35.5. The topological polar surface area (TPSA) is 114 Å². The van der Waals surface area contributed by atoms with Gasteiger partial charge in [0.1, 0.15) is 5.00 Å². The second kappa shape index (κ2) is 10.1. The third kappa shape index (κ3) is 5.02. The van der Waals surface area contributed by atoms with Crippen LogP contribution in [0.1, 0.15) is 53.5 Å². The first kappa shape index (κ1) is 26.3. The van der Waals surface area contributed by atoms with Crippen LogP contribution in [0.25, 0.3) is 0 Å². The number of thiophene rings is 1. The number of ether oxygens (including phenoxy) is 1. The van der Waals surface area contributed by atoms with Crippen LogP contribution in [0.4, 0.5) is 15.5 Å². The van der Waals surface area contributed by atoms with E-state index in [1.165, 1.54) is 18.4 Å². The lowest BCUT2D eigenvalue weighted by molar-refractivity contribution is -0.152. The molecule has 2 aliphatic rings. The van der Waals surface area contributed by atoms with E-state index in [0.717, 1.165) is 29.7 Å². The number of carbonyl (C=O) groups is 3. The molecule has 0 unspecified atom stereocenters. The summed E-state index contributed by atoms with van der Waals surface area (Å²) in [7, 11) is 1.39. The summed E-state index contributed by atoms with van der Waals surface area (Å²) in [5, 5.41) is 6.56. The Morgan fingerprint density at radius 2 is 1.88 bits per heavy atom. The zero-order valence-corrected chi connectivity index (χ0v) is 21.5. The molecule has 2 atom stereocenters. The number of fused-ring (bicyclic) bond motifs is 4. The number of nitrogens with two attached hydrogens (primary N) is 1. The van der Waals surface area contributed by atoms with Crippen molar-refractivity contribution in [2.24, 2.45) is 11.1 Å². The molecule has 1 aromatic carbocycles. The highest BCUT2D eigenvalue weighted by molar-refractivity contribution is 7.17. The number of urea groups is 1. The van der Waals surface area contributed by atoms with Gasteiger partial charge in [-0.3, -0.25) is 19.8 Å². The molecule has 3 heterocycles. The van der Waals surface area contributed by atoms with Gasteiger partial charge in [0.2, 0.25) is 0 Å². The van der Waals surface area contributed by atoms with Gasteiger partial charge in [0.15, 0.2) is 0 Å². The fraction of sp³-hybridized carbons (Fsp3) is 0.435. The molecule has 0 saturated carbocycles. The van der Waals surface area contributed by atoms with E-state index in [1.54, 1.807) is 24.3 Å². The van der Waals surface area contributed by atoms with Crippen molar-refractivity contribution in [3.8, 4) is 0 Å². The molecule has 4 rings (SSSR count). The van der Waals surface area contributed by atoms with Gasteiger partial charge < -0.3 is 15.8 Å². The summed E-state index contributed by atoms with van der Waals surface area (Å²) in [6.45, 7) is 4.25. The minimum absolute atomic E-state index is 0. The molecule has 0 radical (unpaired) electrons. The molecule has 11 heteroatoms. The molecule has 2 bridgehead atoms. The number of halogens is 2. The number of hydrogen-bond donors (Lipinski definition) is 3. The molecular weight excluding hydrogens is 499 g/mol. The largest absolute Gasteiger partial charge is 0.469 e. The minimum Gasteiger partial charge on any atom is -0.469 e. The van der Waals surface area contributed by atoms with Crippen LogP contribution in [0.2, 0.25) is 5.02 Å². The fourth-order valence-electron chi connectivity index (χ4n) is 4.84. The van der Waals surface area contributed by atoms with Gasteiger partial charge >= 0.3 is 12.0 Å². The SMILES string of the molecule is COC(=O)C(C)(C)CN1[C@H]2CC[C@@H]1c1c(sc(NC(=O)Nc3ccc(Cl)cc3)c1C(N)=O)C2.Cl. The third-order valence-electron chi connectivity index (χ3n) is 6.31. The van der Waals surface area contributed by atoms with Crippen LogP contribution in [-0.2, 0) is 16.0 Å². The summed E-state index contributed by atoms with van der Waals surface area (Å²) in [6, 6.07) is 6.51. The Balaban J connectivity index is 0.00000324. The van der Waals surface area contributed by atoms with E-state index in [2.05, 4.69) is 15.5 Å². The Morgan fingerprint density at radius 1 is 1.21 bits per heavy atom. The van der Waals surface area contributed by atoms with Gasteiger partial charge in [-0.25, -0.2) is 4.79 Å². The lowest BCUT2D eigenvalue weighted by Crippen LogP contribution is -2.45. The van der Waals surface area contributed by atoms with Gasteiger partial charge in [-0.1, -0.05) is 11.6 Å². The van der Waals surface area contributed by atoms with Crippen molar-refractivity contribution < 1.29 is 19.1 Å². The Bertz CT molecular complexity index is 1100. The van der Waals surface area contributed by atoms with Crippen LogP contribution in [0, 0.1) is 5.41 Å². The van der Waals surface area contributed by atoms with Gasteiger partial charge in [0.05, 0.1) is 18.1 Å². The van der Waals surface area contributed by atoms with Crippen molar-refractivity contribution in [3.63, 3.8) is 0 Å². The molecule has 2 aliphatic heterocycles. The Hall–Kier alpha value is -2.33. The molecule has 34 heavy (non-hydrogen) atoms. The lowest BCUT2D eigenvalue weighted by atomic mass is 9.89. The van der Waals surface area contributed by atoms with E-state index in [9.17, 15) is 14.4 Å². The molecule has 0 aliphatic carbocycles. The first-order chi connectivity index (χ1) is 15.6. The standard InChI is InChI=1S/C23H27ClN4O4S.ClH/c1-23(2,21(30)32-3)11-28-14-8-9-15(28)17-16(10-14)33-20(18(17)19(25)29)27-22(31)26-13-6-4-12(24)5-7-13;/h4-7,14-15H,8-11H2,1-3H3,(H2,25,29)(H2,26,27,31);1H/t14-,15+;/m0./s1. The zero-order chi connectivity index (χ0) is 23.9. The number of nitrogens with one attached hydrogen (secondary N) is 2. The smallest absolute Gasteiger partial charge is 0.324 e. The Kier molecular flexibility index (Phi) is 7.82. The summed E-state index contributed by atoms with van der Waals surface area (Å²) in [4.78, 5) is 40.7. The average molecular weight is 527 g/mol. The van der Waals surface area contributed by atoms with Gasteiger partial charge in [-0.15, -0.1) is 23.7 Å². The summed E-state index contributed by atoms with van der Waals surface area (Å²) in [5.74, 6) is -0.846.